The summed E-state index contributed by atoms with van der Waals surface area (Å²) in [5.74, 6) is 3.34. The molecule has 0 saturated heterocycles. The van der Waals surface area contributed by atoms with Crippen LogP contribution in [0.4, 0.5) is 0 Å². The van der Waals surface area contributed by atoms with Crippen molar-refractivity contribution in [1.29, 1.82) is 0 Å². The van der Waals surface area contributed by atoms with Crippen LogP contribution in [0.15, 0.2) is 106 Å². The van der Waals surface area contributed by atoms with Crippen molar-refractivity contribution in [2.45, 2.75) is 91.1 Å². The van der Waals surface area contributed by atoms with Crippen molar-refractivity contribution in [3.8, 4) is 22.3 Å². The Balaban J connectivity index is 1.20. The van der Waals surface area contributed by atoms with Crippen molar-refractivity contribution in [1.82, 2.24) is 0 Å². The van der Waals surface area contributed by atoms with Crippen molar-refractivity contribution >= 4 is 46.2 Å². The van der Waals surface area contributed by atoms with Crippen LogP contribution in [0, 0.1) is 27.7 Å². The average Bonchev–Trinajstić information content (AvgIpc) is 3.97. The second-order valence-corrected chi connectivity index (χ2v) is 40.1. The Morgan fingerprint density at radius 3 is 1.25 bits per heavy atom. The molecule has 2 nitrogen and oxygen atoms in total. The van der Waals surface area contributed by atoms with Gasteiger partial charge < -0.3 is 0 Å². The van der Waals surface area contributed by atoms with Crippen LogP contribution in [0.1, 0.15) is 119 Å². The molecule has 56 heavy (non-hydrogen) atoms. The van der Waals surface area contributed by atoms with Gasteiger partial charge in [-0.25, -0.2) is 0 Å². The van der Waals surface area contributed by atoms with Crippen molar-refractivity contribution in [3.05, 3.63) is 165 Å². The third kappa shape index (κ3) is 7.53. The van der Waals surface area contributed by atoms with E-state index in [0.717, 1.165) is 35.1 Å². The monoisotopic (exact) mass is 871 g/mol. The quantitative estimate of drug-likeness (QED) is 0.121. The summed E-state index contributed by atoms with van der Waals surface area (Å²) in [6, 6.07) is 38.1. The summed E-state index contributed by atoms with van der Waals surface area (Å²) in [6.07, 6.45) is 4.82. The van der Waals surface area contributed by atoms with E-state index in [1.165, 1.54) is 77.9 Å². The molecule has 2 atom stereocenters. The predicted octanol–water partition coefficient (Wildman–Crippen LogP) is 15.3. The van der Waals surface area contributed by atoms with Crippen LogP contribution in [0.2, 0.25) is 12.1 Å². The van der Waals surface area contributed by atoms with E-state index in [4.69, 9.17) is 25.9 Å². The Morgan fingerprint density at radius 2 is 0.929 bits per heavy atom. The Morgan fingerprint density at radius 1 is 0.536 bits per heavy atom. The van der Waals surface area contributed by atoms with E-state index in [2.05, 4.69) is 151 Å². The molecule has 285 valence electrons. The van der Waals surface area contributed by atoms with Gasteiger partial charge in [0.25, 0.3) is 0 Å². The van der Waals surface area contributed by atoms with E-state index < -0.39 is 24.4 Å². The molecule has 0 bridgehead atoms. The van der Waals surface area contributed by atoms with Crippen LogP contribution in [-0.4, -0.2) is 5.92 Å². The van der Waals surface area contributed by atoms with Gasteiger partial charge in [0.2, 0.25) is 0 Å². The molecule has 2 aliphatic carbocycles. The Bertz CT molecular complexity index is 2290. The van der Waals surface area contributed by atoms with Gasteiger partial charge in [0, 0.05) is 0 Å². The Labute approximate surface area is 349 Å². The molecule has 0 amide bonds. The molecule has 0 spiro atoms. The maximum atomic E-state index is 7.37. The Kier molecular flexibility index (Phi) is 11.3. The summed E-state index contributed by atoms with van der Waals surface area (Å²) in [6.45, 7) is 17.5. The molecule has 2 unspecified atom stereocenters. The van der Waals surface area contributed by atoms with Crippen molar-refractivity contribution in [2.75, 3.05) is 0 Å². The minimum atomic E-state index is -2.77. The van der Waals surface area contributed by atoms with Gasteiger partial charge in [0.05, 0.1) is 0 Å². The van der Waals surface area contributed by atoms with Gasteiger partial charge in [-0.15, -0.1) is 0 Å². The molecule has 0 aliphatic heterocycles. The number of hydrogen-bond donors (Lipinski definition) is 0. The number of halogens is 2. The number of benzene rings is 4. The molecule has 0 fully saturated rings. The maximum absolute atomic E-state index is 7.37. The SMILES string of the molecule is Cc1ccc(C2=Cc3c(ccc(C)c3-c3ccc(C(C)C)cc3)C2C[SiH](CC2C(c3ccc(C)o3)=Cc3c2ccc(C)c3-c2ccc(C(C)C)cc2)[Zr]([Cl])[Cl])o1. The summed E-state index contributed by atoms with van der Waals surface area (Å²) in [4.78, 5) is 0. The number of rotatable bonds is 11. The van der Waals surface area contributed by atoms with E-state index in [-0.39, 0.29) is 11.8 Å². The van der Waals surface area contributed by atoms with Crippen LogP contribution in [0.5, 0.6) is 0 Å². The second kappa shape index (κ2) is 16.1. The molecule has 6 heteroatoms. The Hall–Kier alpha value is -3.40. The molecule has 0 radical (unpaired) electrons. The fourth-order valence-corrected chi connectivity index (χ4v) is 24.2. The number of allylic oxidation sites excluding steroid dienone is 2. The summed E-state index contributed by atoms with van der Waals surface area (Å²) in [5, 5.41) is 0. The van der Waals surface area contributed by atoms with Crippen LogP contribution in [0.3, 0.4) is 0 Å². The fourth-order valence-electron chi connectivity index (χ4n) is 9.11. The van der Waals surface area contributed by atoms with E-state index in [1.807, 2.05) is 13.8 Å². The van der Waals surface area contributed by atoms with Gasteiger partial charge in [-0.3, -0.25) is 0 Å². The average molecular weight is 874 g/mol. The zero-order chi connectivity index (χ0) is 39.4. The first-order valence-corrected chi connectivity index (χ1v) is 32.9. The topological polar surface area (TPSA) is 26.3 Å². The molecule has 4 aromatic carbocycles. The molecule has 8 rings (SSSR count). The standard InChI is InChI=1S/C50H51O2Si.2ClH.Zr/c1-29(2)35-13-17-37(18-14-35)49-31(5)9-21-39-43(49)25-41(47-23-11-33(7)51-47)45(39)27-53-28-46-40-22-10-32(6)50(38-19-15-36(16-20-38)30(3)4)44(40)26-42(46)48-24-12-34(8)52-48;;;/h9-26,29-30,45-46,53H,27-28H2,1-8H3;2*1H;/q;;;+2/p-2. The zero-order valence-electron chi connectivity index (χ0n) is 33.8. The fraction of sp³-hybridized carbons (Fsp3) is 0.280. The third-order valence-electron chi connectivity index (χ3n) is 12.2. The van der Waals surface area contributed by atoms with Gasteiger partial charge in [-0.05, 0) is 0 Å². The summed E-state index contributed by atoms with van der Waals surface area (Å²) in [5.41, 5.74) is 18.2. The molecule has 0 N–H and O–H groups in total. The molecule has 2 aliphatic rings. The third-order valence-corrected chi connectivity index (χ3v) is 33.9. The number of aryl methyl sites for hydroxylation is 4. The zero-order valence-corrected chi connectivity index (χ0v) is 38.9. The molecular weight excluding hydrogens is 823 g/mol. The van der Waals surface area contributed by atoms with E-state index in [0.29, 0.717) is 11.8 Å². The molecule has 0 saturated carbocycles. The van der Waals surface area contributed by atoms with Crippen molar-refractivity contribution < 1.29 is 27.4 Å². The minimum absolute atomic E-state index is 0.168. The van der Waals surface area contributed by atoms with Gasteiger partial charge in [0.1, 0.15) is 0 Å². The second-order valence-electron chi connectivity index (χ2n) is 16.7. The van der Waals surface area contributed by atoms with Crippen LogP contribution >= 0.6 is 17.0 Å². The van der Waals surface area contributed by atoms with Gasteiger partial charge in [0.15, 0.2) is 0 Å². The van der Waals surface area contributed by atoms with Crippen molar-refractivity contribution in [2.24, 2.45) is 0 Å². The first kappa shape index (κ1) is 39.4. The van der Waals surface area contributed by atoms with Gasteiger partial charge in [-0.2, -0.15) is 0 Å². The van der Waals surface area contributed by atoms with E-state index in [9.17, 15) is 0 Å². The number of hydrogen-bond acceptors (Lipinski definition) is 2. The molecule has 6 aromatic rings. The van der Waals surface area contributed by atoms with Crippen LogP contribution < -0.4 is 0 Å². The van der Waals surface area contributed by atoms with Crippen molar-refractivity contribution in [3.63, 3.8) is 0 Å². The molecular formula is C50H51Cl2O2SiZr. The summed E-state index contributed by atoms with van der Waals surface area (Å²) >= 11 is -2.77. The van der Waals surface area contributed by atoms with Gasteiger partial charge in [-0.1, -0.05) is 0 Å². The first-order valence-electron chi connectivity index (χ1n) is 20.1. The molecule has 2 heterocycles. The van der Waals surface area contributed by atoms with E-state index in [1.54, 1.807) is 0 Å². The normalized spacial score (nSPS) is 16.6. The molecule has 2 aromatic heterocycles. The predicted molar refractivity (Wildman–Crippen MR) is 238 cm³/mol. The van der Waals surface area contributed by atoms with Gasteiger partial charge >= 0.3 is 352 Å². The summed E-state index contributed by atoms with van der Waals surface area (Å²) in [7, 11) is 14.7. The number of furan rings is 2. The summed E-state index contributed by atoms with van der Waals surface area (Å²) < 4.78 is 12.8. The van der Waals surface area contributed by atoms with Crippen LogP contribution in [0.25, 0.3) is 45.6 Å². The van der Waals surface area contributed by atoms with E-state index >= 15 is 0 Å². The van der Waals surface area contributed by atoms with Crippen LogP contribution in [-0.2, 0) is 18.5 Å². The first-order chi connectivity index (χ1) is 26.9. The number of fused-ring (bicyclic) bond motifs is 2.